The zero-order valence-electron chi connectivity index (χ0n) is 10.9. The Hall–Kier alpha value is -1.40. The predicted octanol–water partition coefficient (Wildman–Crippen LogP) is 0.259. The highest BCUT2D eigenvalue weighted by atomic mass is 16.5. The van der Waals surface area contributed by atoms with E-state index in [1.54, 1.807) is 6.34 Å². The van der Waals surface area contributed by atoms with E-state index in [-0.39, 0.29) is 18.9 Å². The van der Waals surface area contributed by atoms with Crippen LogP contribution in [0.1, 0.15) is 12.8 Å². The highest BCUT2D eigenvalue weighted by Gasteiger charge is 2.28. The van der Waals surface area contributed by atoms with Crippen LogP contribution in [0, 0.1) is 0 Å². The summed E-state index contributed by atoms with van der Waals surface area (Å²) in [7, 11) is 3.84. The van der Waals surface area contributed by atoms with Crippen molar-refractivity contribution in [2.45, 2.75) is 25.2 Å². The van der Waals surface area contributed by atoms with E-state index in [0.717, 1.165) is 18.7 Å². The average molecular weight is 252 g/mol. The molecule has 2 unspecified atom stereocenters. The lowest BCUT2D eigenvalue weighted by Gasteiger charge is -2.27. The molecular formula is C12H20N4O2. The molecule has 1 fully saturated rings. The molecule has 0 saturated carbocycles. The molecule has 2 aliphatic rings. The van der Waals surface area contributed by atoms with Crippen molar-refractivity contribution in [3.8, 4) is 0 Å². The first kappa shape index (κ1) is 13.0. The van der Waals surface area contributed by atoms with E-state index in [2.05, 4.69) is 9.98 Å². The Bertz CT molecular complexity index is 365. The molecule has 1 saturated heterocycles. The van der Waals surface area contributed by atoms with Crippen LogP contribution >= 0.6 is 0 Å². The van der Waals surface area contributed by atoms with Crippen molar-refractivity contribution in [2.75, 3.05) is 27.4 Å². The van der Waals surface area contributed by atoms with E-state index in [1.165, 1.54) is 0 Å². The minimum atomic E-state index is -0.0273. The van der Waals surface area contributed by atoms with Gasteiger partial charge in [-0.3, -0.25) is 0 Å². The van der Waals surface area contributed by atoms with Gasteiger partial charge >= 0.3 is 0 Å². The molecule has 0 aromatic rings. The Morgan fingerprint density at radius 1 is 1.61 bits per heavy atom. The second-order valence-corrected chi connectivity index (χ2v) is 4.67. The largest absolute Gasteiger partial charge is 0.394 e. The van der Waals surface area contributed by atoms with E-state index >= 15 is 0 Å². The van der Waals surface area contributed by atoms with E-state index in [4.69, 9.17) is 9.84 Å². The molecule has 0 aromatic heterocycles. The SMILES string of the molecule is CN(C)C=NC1=NCN(C2CCC(CO)O2)C=C1. The topological polar surface area (TPSA) is 60.7 Å². The van der Waals surface area contributed by atoms with Crippen LogP contribution in [0.3, 0.4) is 0 Å². The van der Waals surface area contributed by atoms with Crippen LogP contribution in [-0.4, -0.2) is 66.8 Å². The molecule has 0 aliphatic carbocycles. The first-order valence-corrected chi connectivity index (χ1v) is 6.14. The third-order valence-corrected chi connectivity index (χ3v) is 2.89. The van der Waals surface area contributed by atoms with Crippen LogP contribution in [0.2, 0.25) is 0 Å². The van der Waals surface area contributed by atoms with Crippen molar-refractivity contribution in [1.29, 1.82) is 0 Å². The molecule has 1 N–H and O–H groups in total. The summed E-state index contributed by atoms with van der Waals surface area (Å²) in [6.07, 6.45) is 7.40. The van der Waals surface area contributed by atoms with Gasteiger partial charge in [0.05, 0.1) is 19.0 Å². The molecule has 2 atom stereocenters. The average Bonchev–Trinajstić information content (AvgIpc) is 2.85. The van der Waals surface area contributed by atoms with Gasteiger partial charge in [-0.1, -0.05) is 0 Å². The van der Waals surface area contributed by atoms with Crippen molar-refractivity contribution in [1.82, 2.24) is 9.80 Å². The quantitative estimate of drug-likeness (QED) is 0.578. The van der Waals surface area contributed by atoms with Crippen LogP contribution in [-0.2, 0) is 4.74 Å². The Labute approximate surface area is 107 Å². The molecule has 0 bridgehead atoms. The Balaban J connectivity index is 1.85. The van der Waals surface area contributed by atoms with Crippen LogP contribution in [0.25, 0.3) is 0 Å². The fraction of sp³-hybridized carbons (Fsp3) is 0.667. The number of aliphatic hydroxyl groups is 1. The fourth-order valence-corrected chi connectivity index (χ4v) is 1.93. The summed E-state index contributed by atoms with van der Waals surface area (Å²) in [6, 6.07) is 0. The molecule has 0 amide bonds. The van der Waals surface area contributed by atoms with Gasteiger partial charge < -0.3 is 19.6 Å². The van der Waals surface area contributed by atoms with Crippen molar-refractivity contribution in [3.05, 3.63) is 12.3 Å². The molecule has 0 spiro atoms. The van der Waals surface area contributed by atoms with Gasteiger partial charge in [-0.15, -0.1) is 0 Å². The fourth-order valence-electron chi connectivity index (χ4n) is 1.93. The minimum Gasteiger partial charge on any atom is -0.394 e. The summed E-state index contributed by atoms with van der Waals surface area (Å²) in [5, 5.41) is 9.03. The smallest absolute Gasteiger partial charge is 0.152 e. The molecule has 2 heterocycles. The number of ether oxygens (including phenoxy) is 1. The Morgan fingerprint density at radius 3 is 3.00 bits per heavy atom. The number of aliphatic imine (C=N–C) groups is 2. The maximum Gasteiger partial charge on any atom is 0.152 e. The zero-order valence-corrected chi connectivity index (χ0v) is 10.9. The van der Waals surface area contributed by atoms with Gasteiger partial charge in [0.15, 0.2) is 5.84 Å². The summed E-state index contributed by atoms with van der Waals surface area (Å²) >= 11 is 0. The first-order valence-electron chi connectivity index (χ1n) is 6.14. The molecule has 0 aromatic carbocycles. The lowest BCUT2D eigenvalue weighted by molar-refractivity contribution is -0.0495. The Kier molecular flexibility index (Phi) is 4.33. The van der Waals surface area contributed by atoms with Crippen LogP contribution in [0.4, 0.5) is 0 Å². The summed E-state index contributed by atoms with van der Waals surface area (Å²) in [6.45, 7) is 0.648. The molecule has 2 rings (SSSR count). The van der Waals surface area contributed by atoms with E-state index in [0.29, 0.717) is 6.67 Å². The van der Waals surface area contributed by atoms with Crippen molar-refractivity contribution < 1.29 is 9.84 Å². The van der Waals surface area contributed by atoms with Gasteiger partial charge in [-0.2, -0.15) is 0 Å². The van der Waals surface area contributed by atoms with E-state index in [1.807, 2.05) is 36.2 Å². The lowest BCUT2D eigenvalue weighted by atomic mass is 10.2. The first-order chi connectivity index (χ1) is 8.69. The molecular weight excluding hydrogens is 232 g/mol. The van der Waals surface area contributed by atoms with Crippen molar-refractivity contribution in [3.63, 3.8) is 0 Å². The number of hydrogen-bond acceptors (Lipinski definition) is 5. The lowest BCUT2D eigenvalue weighted by Crippen LogP contribution is -2.33. The monoisotopic (exact) mass is 252 g/mol. The number of amidine groups is 1. The maximum atomic E-state index is 9.03. The van der Waals surface area contributed by atoms with Crippen molar-refractivity contribution >= 4 is 12.2 Å². The molecule has 0 radical (unpaired) electrons. The van der Waals surface area contributed by atoms with Gasteiger partial charge in [0.25, 0.3) is 0 Å². The predicted molar refractivity (Wildman–Crippen MR) is 70.4 cm³/mol. The number of rotatable bonds is 3. The minimum absolute atomic E-state index is 0.0273. The molecule has 18 heavy (non-hydrogen) atoms. The van der Waals surface area contributed by atoms with Crippen LogP contribution < -0.4 is 0 Å². The van der Waals surface area contributed by atoms with Gasteiger partial charge in [0, 0.05) is 20.3 Å². The third kappa shape index (κ3) is 3.30. The number of hydrogen-bond donors (Lipinski definition) is 1. The van der Waals surface area contributed by atoms with Crippen LogP contribution in [0.15, 0.2) is 22.3 Å². The third-order valence-electron chi connectivity index (χ3n) is 2.89. The second kappa shape index (κ2) is 5.97. The number of nitrogens with zero attached hydrogens (tertiary/aromatic N) is 4. The second-order valence-electron chi connectivity index (χ2n) is 4.67. The van der Waals surface area contributed by atoms with Gasteiger partial charge in [-0.25, -0.2) is 9.98 Å². The van der Waals surface area contributed by atoms with Gasteiger partial charge in [0.2, 0.25) is 0 Å². The normalized spacial score (nSPS) is 27.9. The maximum absolute atomic E-state index is 9.03. The summed E-state index contributed by atoms with van der Waals surface area (Å²) in [4.78, 5) is 12.5. The molecule has 100 valence electrons. The Morgan fingerprint density at radius 2 is 2.44 bits per heavy atom. The zero-order chi connectivity index (χ0) is 13.0. The summed E-state index contributed by atoms with van der Waals surface area (Å²) in [5.41, 5.74) is 0. The number of aliphatic hydroxyl groups excluding tert-OH is 1. The highest BCUT2D eigenvalue weighted by Crippen LogP contribution is 2.23. The molecule has 6 heteroatoms. The summed E-state index contributed by atoms with van der Waals surface area (Å²) < 4.78 is 5.69. The van der Waals surface area contributed by atoms with E-state index < -0.39 is 0 Å². The molecule has 6 nitrogen and oxygen atoms in total. The van der Waals surface area contributed by atoms with Crippen molar-refractivity contribution in [2.24, 2.45) is 9.98 Å². The highest BCUT2D eigenvalue weighted by molar-refractivity contribution is 5.98. The molecule has 2 aliphatic heterocycles. The van der Waals surface area contributed by atoms with Gasteiger partial charge in [0.1, 0.15) is 12.9 Å². The van der Waals surface area contributed by atoms with Crippen LogP contribution in [0.5, 0.6) is 0 Å². The standard InChI is InChI=1S/C12H20N4O2/c1-15(2)8-13-11-5-6-16(9-14-11)12-4-3-10(7-17)18-12/h5-6,8,10,12,17H,3-4,7,9H2,1-2H3. The summed E-state index contributed by atoms with van der Waals surface area (Å²) in [5.74, 6) is 0.719. The van der Waals surface area contributed by atoms with E-state index in [9.17, 15) is 0 Å². The van der Waals surface area contributed by atoms with Gasteiger partial charge in [-0.05, 0) is 18.9 Å².